The molecular formula is C30H31N5O5S. The largest absolute Gasteiger partial charge is 0.515 e. The van der Waals surface area contributed by atoms with Gasteiger partial charge >= 0.3 is 12.2 Å². The fraction of sp³-hybridized carbons (Fsp3) is 0.267. The van der Waals surface area contributed by atoms with Crippen LogP contribution in [-0.4, -0.2) is 45.8 Å². The molecule has 0 fully saturated rings. The van der Waals surface area contributed by atoms with E-state index in [2.05, 4.69) is 15.7 Å². The molecule has 0 aliphatic carbocycles. The summed E-state index contributed by atoms with van der Waals surface area (Å²) in [6.07, 6.45) is 0.904. The molecule has 0 saturated carbocycles. The maximum absolute atomic E-state index is 12.7. The normalized spacial score (nSPS) is 11.1. The van der Waals surface area contributed by atoms with Crippen LogP contribution in [0.15, 0.2) is 60.7 Å². The van der Waals surface area contributed by atoms with Gasteiger partial charge in [-0.1, -0.05) is 31.5 Å². The molecular weight excluding hydrogens is 542 g/mol. The Labute approximate surface area is 241 Å². The number of carbonyl (C=O) groups is 2. The van der Waals surface area contributed by atoms with Crippen molar-refractivity contribution in [3.8, 4) is 22.8 Å². The third-order valence-electron chi connectivity index (χ3n) is 6.79. The molecule has 212 valence electrons. The fourth-order valence-electron chi connectivity index (χ4n) is 4.80. The summed E-state index contributed by atoms with van der Waals surface area (Å²) in [5.41, 5.74) is 11.3. The molecule has 0 radical (unpaired) electrons. The number of hydrogen-bond donors (Lipinski definition) is 1. The lowest BCUT2D eigenvalue weighted by molar-refractivity contribution is 0.101. The molecule has 2 heterocycles. The molecule has 5 rings (SSSR count). The van der Waals surface area contributed by atoms with E-state index < -0.39 is 12.2 Å². The van der Waals surface area contributed by atoms with Gasteiger partial charge in [0.2, 0.25) is 5.88 Å². The quantitative estimate of drug-likeness (QED) is 0.187. The first-order chi connectivity index (χ1) is 19.9. The van der Waals surface area contributed by atoms with Crippen molar-refractivity contribution in [2.24, 2.45) is 5.73 Å². The van der Waals surface area contributed by atoms with Gasteiger partial charge in [0.05, 0.1) is 43.1 Å². The Hall–Kier alpha value is -4.64. The first-order valence-corrected chi connectivity index (χ1v) is 14.1. The summed E-state index contributed by atoms with van der Waals surface area (Å²) in [6, 6.07) is 18.5. The Morgan fingerprint density at radius 3 is 2.49 bits per heavy atom. The molecule has 0 unspecified atom stereocenters. The zero-order chi connectivity index (χ0) is 28.9. The summed E-state index contributed by atoms with van der Waals surface area (Å²) in [7, 11) is 1.60. The van der Waals surface area contributed by atoms with E-state index in [0.29, 0.717) is 36.0 Å². The molecule has 0 saturated heterocycles. The number of nitrogens with zero attached hydrogens (tertiary/aromatic N) is 4. The predicted molar refractivity (Wildman–Crippen MR) is 160 cm³/mol. The van der Waals surface area contributed by atoms with E-state index in [1.165, 1.54) is 0 Å². The maximum atomic E-state index is 12.7. The zero-order valence-electron chi connectivity index (χ0n) is 23.1. The number of hydrogen-bond acceptors (Lipinski definition) is 8. The molecule has 11 heteroatoms. The first-order valence-electron chi connectivity index (χ1n) is 13.4. The molecule has 0 spiro atoms. The summed E-state index contributed by atoms with van der Waals surface area (Å²) in [5.74, 6) is 1.01. The molecule has 3 aromatic carbocycles. The average Bonchev–Trinajstić information content (AvgIpc) is 3.55. The number of ether oxygens (including phenoxy) is 3. The number of rotatable bonds is 10. The van der Waals surface area contributed by atoms with Crippen LogP contribution < -0.4 is 20.1 Å². The van der Waals surface area contributed by atoms with Gasteiger partial charge in [-0.05, 0) is 66.9 Å². The van der Waals surface area contributed by atoms with Crippen LogP contribution in [0.1, 0.15) is 32.3 Å². The summed E-state index contributed by atoms with van der Waals surface area (Å²) in [5, 5.41) is 0.783. The maximum Gasteiger partial charge on any atom is 0.515 e. The van der Waals surface area contributed by atoms with Gasteiger partial charge in [0.15, 0.2) is 0 Å². The zero-order valence-corrected chi connectivity index (χ0v) is 23.9. The summed E-state index contributed by atoms with van der Waals surface area (Å²) in [4.78, 5) is 26.7. The summed E-state index contributed by atoms with van der Waals surface area (Å²) < 4.78 is 27.1. The van der Waals surface area contributed by atoms with Gasteiger partial charge in [-0.3, -0.25) is 4.90 Å². The van der Waals surface area contributed by atoms with Crippen molar-refractivity contribution in [1.82, 2.24) is 13.3 Å². The molecule has 5 aromatic rings. The van der Waals surface area contributed by atoms with E-state index >= 15 is 0 Å². The minimum absolute atomic E-state index is 0.166. The topological polar surface area (TPSA) is 122 Å². The van der Waals surface area contributed by atoms with Crippen molar-refractivity contribution >= 4 is 51.5 Å². The molecule has 2 amide bonds. The molecule has 10 nitrogen and oxygen atoms in total. The highest BCUT2D eigenvalue weighted by molar-refractivity contribution is 7.00. The van der Waals surface area contributed by atoms with Crippen molar-refractivity contribution < 1.29 is 23.8 Å². The lowest BCUT2D eigenvalue weighted by Crippen LogP contribution is -2.36. The number of primary amides is 1. The minimum atomic E-state index is -0.813. The predicted octanol–water partition coefficient (Wildman–Crippen LogP) is 6.59. The second-order valence-corrected chi connectivity index (χ2v) is 9.94. The van der Waals surface area contributed by atoms with Crippen molar-refractivity contribution in [2.75, 3.05) is 25.2 Å². The van der Waals surface area contributed by atoms with Gasteiger partial charge in [-0.25, -0.2) is 9.59 Å². The van der Waals surface area contributed by atoms with Gasteiger partial charge in [-0.2, -0.15) is 8.75 Å². The number of fused-ring (bicyclic) bond motifs is 2. The van der Waals surface area contributed by atoms with E-state index in [1.807, 2.05) is 65.2 Å². The first kappa shape index (κ1) is 27.9. The van der Waals surface area contributed by atoms with Crippen LogP contribution in [-0.2, 0) is 11.3 Å². The fourth-order valence-corrected chi connectivity index (χ4v) is 5.32. The van der Waals surface area contributed by atoms with Crippen molar-refractivity contribution in [3.63, 3.8) is 0 Å². The lowest BCUT2D eigenvalue weighted by atomic mass is 10.0. The minimum Gasteiger partial charge on any atom is -0.497 e. The van der Waals surface area contributed by atoms with Crippen LogP contribution in [0.25, 0.3) is 33.1 Å². The van der Waals surface area contributed by atoms with Gasteiger partial charge in [0.25, 0.3) is 0 Å². The average molecular weight is 574 g/mol. The Morgan fingerprint density at radius 2 is 1.78 bits per heavy atom. The SMILES string of the molecule is CCCCN(C(N)=O)c1ccc2c(c1)c(-c1ccc(OC)cc1)c(OC(=O)OCC)n2Cc1ccc2nsnc2c1. The van der Waals surface area contributed by atoms with Crippen molar-refractivity contribution in [2.45, 2.75) is 33.2 Å². The van der Waals surface area contributed by atoms with Crippen molar-refractivity contribution in [3.05, 3.63) is 66.2 Å². The van der Waals surface area contributed by atoms with Crippen LogP contribution in [0.5, 0.6) is 11.6 Å². The Bertz CT molecular complexity index is 1700. The summed E-state index contributed by atoms with van der Waals surface area (Å²) >= 11 is 1.16. The summed E-state index contributed by atoms with van der Waals surface area (Å²) in [6.45, 7) is 4.81. The Kier molecular flexibility index (Phi) is 8.34. The highest BCUT2D eigenvalue weighted by atomic mass is 32.1. The number of methoxy groups -OCH3 is 1. The number of anilines is 1. The number of urea groups is 1. The highest BCUT2D eigenvalue weighted by Crippen LogP contribution is 2.43. The molecule has 0 aliphatic rings. The highest BCUT2D eigenvalue weighted by Gasteiger charge is 2.25. The second kappa shape index (κ2) is 12.3. The van der Waals surface area contributed by atoms with E-state index in [-0.39, 0.29) is 6.61 Å². The van der Waals surface area contributed by atoms with Gasteiger partial charge in [-0.15, -0.1) is 0 Å². The molecule has 0 atom stereocenters. The number of aromatic nitrogens is 3. The van der Waals surface area contributed by atoms with E-state index in [1.54, 1.807) is 18.9 Å². The number of unbranched alkanes of at least 4 members (excludes halogenated alkanes) is 1. The third-order valence-corrected chi connectivity index (χ3v) is 7.35. The van der Waals surface area contributed by atoms with E-state index in [0.717, 1.165) is 57.6 Å². The van der Waals surface area contributed by atoms with Crippen LogP contribution in [0.2, 0.25) is 0 Å². The standard InChI is InChI=1S/C30H31N5O5S/c1-4-6-15-34(29(31)36)21-10-14-26-23(17-21)27(20-8-11-22(38-3)12-9-20)28(40-30(37)39-5-2)35(26)18-19-7-13-24-25(16-19)33-41-32-24/h7-14,16-17H,4-6,15,18H2,1-3H3,(H2,31,36). The van der Waals surface area contributed by atoms with Gasteiger partial charge in [0, 0.05) is 17.6 Å². The van der Waals surface area contributed by atoms with Crippen LogP contribution in [0.4, 0.5) is 15.3 Å². The van der Waals surface area contributed by atoms with E-state index in [9.17, 15) is 9.59 Å². The second-order valence-electron chi connectivity index (χ2n) is 9.41. The van der Waals surface area contributed by atoms with Gasteiger partial charge in [0.1, 0.15) is 16.8 Å². The molecule has 0 bridgehead atoms. The Morgan fingerprint density at radius 1 is 1.00 bits per heavy atom. The number of amides is 2. The smallest absolute Gasteiger partial charge is 0.497 e. The van der Waals surface area contributed by atoms with E-state index in [4.69, 9.17) is 19.9 Å². The monoisotopic (exact) mass is 573 g/mol. The van der Waals surface area contributed by atoms with Crippen LogP contribution >= 0.6 is 11.7 Å². The number of benzene rings is 3. The molecule has 2 N–H and O–H groups in total. The lowest BCUT2D eigenvalue weighted by Gasteiger charge is -2.20. The molecule has 2 aromatic heterocycles. The number of nitrogens with two attached hydrogens (primary N) is 1. The third kappa shape index (κ3) is 5.80. The number of carbonyl (C=O) groups excluding carboxylic acids is 2. The van der Waals surface area contributed by atoms with Crippen molar-refractivity contribution in [1.29, 1.82) is 0 Å². The van der Waals surface area contributed by atoms with Gasteiger partial charge < -0.3 is 24.5 Å². The van der Waals surface area contributed by atoms with Crippen LogP contribution in [0.3, 0.4) is 0 Å². The van der Waals surface area contributed by atoms with Crippen LogP contribution in [0, 0.1) is 0 Å². The Balaban J connectivity index is 1.74. The molecule has 0 aliphatic heterocycles. The molecule has 41 heavy (non-hydrogen) atoms.